The molecule has 0 saturated heterocycles. The molecule has 0 amide bonds. The zero-order valence-electron chi connectivity index (χ0n) is 6.90. The lowest BCUT2D eigenvalue weighted by Gasteiger charge is -2.06. The molecule has 0 aliphatic heterocycles. The van der Waals surface area contributed by atoms with Crippen LogP contribution in [0.1, 0.15) is 16.7 Å². The van der Waals surface area contributed by atoms with Crippen LogP contribution in [0.3, 0.4) is 0 Å². The minimum absolute atomic E-state index is 0.0330. The quantitative estimate of drug-likeness (QED) is 0.608. The van der Waals surface area contributed by atoms with Gasteiger partial charge < -0.3 is 5.11 Å². The second-order valence-electron chi connectivity index (χ2n) is 2.75. The molecule has 0 aliphatic rings. The number of halogens is 1. The van der Waals surface area contributed by atoms with Gasteiger partial charge in [-0.3, -0.25) is 0 Å². The van der Waals surface area contributed by atoms with E-state index >= 15 is 0 Å². The summed E-state index contributed by atoms with van der Waals surface area (Å²) in [4.78, 5) is 0. The molecule has 0 radical (unpaired) electrons. The van der Waals surface area contributed by atoms with E-state index in [1.165, 1.54) is 0 Å². The smallest absolute Gasteiger partial charge is 0.130 e. The zero-order chi connectivity index (χ0) is 8.59. The Labute approximate surface area is 65.5 Å². The number of phenols is 1. The molecule has 0 aliphatic carbocycles. The van der Waals surface area contributed by atoms with E-state index in [0.717, 1.165) is 17.2 Å². The summed E-state index contributed by atoms with van der Waals surface area (Å²) in [7, 11) is 0. The highest BCUT2D eigenvalue weighted by molar-refractivity contribution is 5.42. The molecular weight excluding hydrogens is 143 g/mol. The molecule has 0 bridgehead atoms. The van der Waals surface area contributed by atoms with Gasteiger partial charge in [-0.05, 0) is 37.5 Å². The van der Waals surface area contributed by atoms with E-state index in [4.69, 9.17) is 5.11 Å². The Morgan fingerprint density at radius 2 is 1.64 bits per heavy atom. The Morgan fingerprint density at radius 3 is 2.18 bits per heavy atom. The molecule has 0 atom stereocenters. The molecule has 11 heavy (non-hydrogen) atoms. The molecule has 1 N–H and O–H groups in total. The van der Waals surface area contributed by atoms with Gasteiger partial charge in [0.05, 0.1) is 0 Å². The number of phenolic OH excluding ortho intramolecular Hbond substituents is 1. The van der Waals surface area contributed by atoms with Crippen molar-refractivity contribution in [2.75, 3.05) is 0 Å². The van der Waals surface area contributed by atoms with Crippen LogP contribution in [0, 0.1) is 26.6 Å². The monoisotopic (exact) mass is 154 g/mol. The number of benzene rings is 1. The van der Waals surface area contributed by atoms with Crippen LogP contribution in [0.15, 0.2) is 6.07 Å². The van der Waals surface area contributed by atoms with Crippen molar-refractivity contribution >= 4 is 0 Å². The molecule has 1 rings (SSSR count). The summed E-state index contributed by atoms with van der Waals surface area (Å²) in [5.41, 5.74) is 2.19. The summed E-state index contributed by atoms with van der Waals surface area (Å²) < 4.78 is 12.9. The van der Waals surface area contributed by atoms with Crippen LogP contribution in [-0.4, -0.2) is 5.11 Å². The van der Waals surface area contributed by atoms with Gasteiger partial charge in [-0.2, -0.15) is 0 Å². The fourth-order valence-corrected chi connectivity index (χ4v) is 0.989. The molecule has 0 spiro atoms. The largest absolute Gasteiger partial charge is 0.508 e. The minimum atomic E-state index is -0.342. The molecule has 0 aromatic heterocycles. The normalized spacial score (nSPS) is 10.2. The second kappa shape index (κ2) is 2.53. The van der Waals surface area contributed by atoms with Crippen LogP contribution in [0.25, 0.3) is 0 Å². The van der Waals surface area contributed by atoms with Gasteiger partial charge >= 0.3 is 0 Å². The Bertz CT molecular complexity index is 266. The molecule has 1 aromatic rings. The molecule has 1 aromatic carbocycles. The van der Waals surface area contributed by atoms with Gasteiger partial charge in [-0.25, -0.2) is 4.39 Å². The fraction of sp³-hybridized carbons (Fsp3) is 0.333. The van der Waals surface area contributed by atoms with E-state index in [9.17, 15) is 4.39 Å². The van der Waals surface area contributed by atoms with E-state index in [1.54, 1.807) is 20.8 Å². The van der Waals surface area contributed by atoms with Crippen LogP contribution < -0.4 is 0 Å². The van der Waals surface area contributed by atoms with Crippen LogP contribution in [0.4, 0.5) is 4.39 Å². The number of hydrogen-bond acceptors (Lipinski definition) is 1. The van der Waals surface area contributed by atoms with Gasteiger partial charge in [0, 0.05) is 6.07 Å². The van der Waals surface area contributed by atoms with Crippen LogP contribution in [0.2, 0.25) is 0 Å². The molecule has 0 heterocycles. The molecule has 2 heteroatoms. The maximum Gasteiger partial charge on any atom is 0.130 e. The van der Waals surface area contributed by atoms with E-state index in [2.05, 4.69) is 0 Å². The first-order chi connectivity index (χ1) is 5.04. The summed E-state index contributed by atoms with van der Waals surface area (Å²) in [6, 6.07) is 1.15. The van der Waals surface area contributed by atoms with Crippen molar-refractivity contribution in [3.63, 3.8) is 0 Å². The maximum absolute atomic E-state index is 12.9. The first-order valence-electron chi connectivity index (χ1n) is 3.49. The molecule has 0 unspecified atom stereocenters. The van der Waals surface area contributed by atoms with Crippen molar-refractivity contribution in [2.45, 2.75) is 20.8 Å². The third-order valence-electron chi connectivity index (χ3n) is 2.13. The lowest BCUT2D eigenvalue weighted by Crippen LogP contribution is -1.91. The Morgan fingerprint density at radius 1 is 1.09 bits per heavy atom. The van der Waals surface area contributed by atoms with E-state index in [0.29, 0.717) is 5.56 Å². The second-order valence-corrected chi connectivity index (χ2v) is 2.75. The predicted octanol–water partition coefficient (Wildman–Crippen LogP) is 2.46. The lowest BCUT2D eigenvalue weighted by atomic mass is 10.0. The summed E-state index contributed by atoms with van der Waals surface area (Å²) in [5.74, 6) is -0.309. The van der Waals surface area contributed by atoms with Gasteiger partial charge in [-0.15, -0.1) is 0 Å². The highest BCUT2D eigenvalue weighted by Gasteiger charge is 2.07. The van der Waals surface area contributed by atoms with Crippen molar-refractivity contribution in [3.05, 3.63) is 28.6 Å². The first kappa shape index (κ1) is 8.05. The van der Waals surface area contributed by atoms with E-state index < -0.39 is 0 Å². The Kier molecular flexibility index (Phi) is 1.85. The summed E-state index contributed by atoms with van der Waals surface area (Å²) in [5, 5.41) is 9.17. The van der Waals surface area contributed by atoms with Crippen molar-refractivity contribution in [1.29, 1.82) is 0 Å². The van der Waals surface area contributed by atoms with Crippen molar-refractivity contribution < 1.29 is 9.50 Å². The van der Waals surface area contributed by atoms with Gasteiger partial charge in [0.2, 0.25) is 0 Å². The SMILES string of the molecule is Cc1c(O)cc(F)c(C)c1C. The van der Waals surface area contributed by atoms with Crippen LogP contribution >= 0.6 is 0 Å². The highest BCUT2D eigenvalue weighted by atomic mass is 19.1. The lowest BCUT2D eigenvalue weighted by molar-refractivity contribution is 0.463. The molecule has 0 saturated carbocycles. The molecule has 1 nitrogen and oxygen atoms in total. The van der Waals surface area contributed by atoms with Crippen molar-refractivity contribution in [1.82, 2.24) is 0 Å². The summed E-state index contributed by atoms with van der Waals surface area (Å²) in [6.07, 6.45) is 0. The molecule has 60 valence electrons. The third kappa shape index (κ3) is 1.20. The third-order valence-corrected chi connectivity index (χ3v) is 2.13. The Balaban J connectivity index is 3.46. The van der Waals surface area contributed by atoms with Gasteiger partial charge in [0.1, 0.15) is 11.6 Å². The van der Waals surface area contributed by atoms with Gasteiger partial charge in [0.25, 0.3) is 0 Å². The fourth-order valence-electron chi connectivity index (χ4n) is 0.989. The van der Waals surface area contributed by atoms with Crippen LogP contribution in [-0.2, 0) is 0 Å². The maximum atomic E-state index is 12.9. The predicted molar refractivity (Wildman–Crippen MR) is 42.3 cm³/mol. The van der Waals surface area contributed by atoms with E-state index in [1.807, 2.05) is 0 Å². The topological polar surface area (TPSA) is 20.2 Å². The first-order valence-corrected chi connectivity index (χ1v) is 3.49. The average Bonchev–Trinajstić information content (AvgIpc) is 1.97. The minimum Gasteiger partial charge on any atom is -0.508 e. The Hall–Kier alpha value is -1.05. The van der Waals surface area contributed by atoms with Gasteiger partial charge in [-0.1, -0.05) is 0 Å². The number of aromatic hydroxyl groups is 1. The van der Waals surface area contributed by atoms with E-state index in [-0.39, 0.29) is 11.6 Å². The highest BCUT2D eigenvalue weighted by Crippen LogP contribution is 2.24. The number of rotatable bonds is 0. The standard InChI is InChI=1S/C9H11FO/c1-5-6(2)8(10)4-9(11)7(5)3/h4,11H,1-3H3. The van der Waals surface area contributed by atoms with Crippen molar-refractivity contribution in [2.24, 2.45) is 0 Å². The summed E-state index contributed by atoms with van der Waals surface area (Å²) >= 11 is 0. The molecule has 0 fully saturated rings. The average molecular weight is 154 g/mol. The van der Waals surface area contributed by atoms with Crippen molar-refractivity contribution in [3.8, 4) is 5.75 Å². The van der Waals surface area contributed by atoms with Gasteiger partial charge in [0.15, 0.2) is 0 Å². The zero-order valence-corrected chi connectivity index (χ0v) is 6.90. The van der Waals surface area contributed by atoms with Crippen LogP contribution in [0.5, 0.6) is 5.75 Å². The molecular formula is C9H11FO. The number of hydrogen-bond donors (Lipinski definition) is 1. The summed E-state index contributed by atoms with van der Waals surface area (Å²) in [6.45, 7) is 5.28.